The number of sulfonamides is 1. The van der Waals surface area contributed by atoms with E-state index in [0.29, 0.717) is 29.0 Å². The Kier molecular flexibility index (Phi) is 5.35. The number of imidazole rings is 1. The van der Waals surface area contributed by atoms with E-state index in [1.807, 2.05) is 11.5 Å². The molecule has 1 aliphatic rings. The maximum atomic E-state index is 12.1. The second-order valence-electron chi connectivity index (χ2n) is 6.17. The van der Waals surface area contributed by atoms with Gasteiger partial charge in [0.15, 0.2) is 5.16 Å². The van der Waals surface area contributed by atoms with E-state index in [1.165, 1.54) is 36.7 Å². The Morgan fingerprint density at radius 1 is 1.40 bits per heavy atom. The lowest BCUT2D eigenvalue weighted by Crippen LogP contribution is -2.33. The molecule has 1 aromatic carbocycles. The van der Waals surface area contributed by atoms with Crippen LogP contribution < -0.4 is 10.5 Å². The SMILES string of the molecule is CCn1c(SCC(=O)NC2CCCC2)nc2cc(S(N)(=O)=O)ccc21. The number of carbonyl (C=O) groups excluding carboxylic acids is 1. The lowest BCUT2D eigenvalue weighted by atomic mass is 10.2. The normalized spacial score (nSPS) is 15.8. The fourth-order valence-electron chi connectivity index (χ4n) is 3.15. The number of nitrogens with two attached hydrogens (primary N) is 1. The van der Waals surface area contributed by atoms with Crippen LogP contribution in [0.2, 0.25) is 0 Å². The zero-order valence-corrected chi connectivity index (χ0v) is 15.7. The van der Waals surface area contributed by atoms with Crippen LogP contribution in [-0.2, 0) is 21.4 Å². The number of rotatable bonds is 6. The molecule has 1 aromatic heterocycles. The Morgan fingerprint density at radius 2 is 2.12 bits per heavy atom. The van der Waals surface area contributed by atoms with Crippen LogP contribution in [0, 0.1) is 0 Å². The Hall–Kier alpha value is -1.58. The van der Waals surface area contributed by atoms with Crippen LogP contribution in [0.4, 0.5) is 0 Å². The fourth-order valence-corrected chi connectivity index (χ4v) is 4.57. The van der Waals surface area contributed by atoms with Gasteiger partial charge in [0, 0.05) is 12.6 Å². The van der Waals surface area contributed by atoms with Crippen LogP contribution in [0.1, 0.15) is 32.6 Å². The minimum atomic E-state index is -3.76. The summed E-state index contributed by atoms with van der Waals surface area (Å²) in [6.07, 6.45) is 4.46. The molecular weight excluding hydrogens is 360 g/mol. The van der Waals surface area contributed by atoms with E-state index >= 15 is 0 Å². The number of primary sulfonamides is 1. The maximum Gasteiger partial charge on any atom is 0.238 e. The molecule has 1 amide bonds. The molecule has 136 valence electrons. The van der Waals surface area contributed by atoms with Crippen molar-refractivity contribution >= 4 is 38.7 Å². The number of nitrogens with zero attached hydrogens (tertiary/aromatic N) is 2. The zero-order valence-electron chi connectivity index (χ0n) is 14.1. The highest BCUT2D eigenvalue weighted by atomic mass is 32.2. The summed E-state index contributed by atoms with van der Waals surface area (Å²) in [4.78, 5) is 16.6. The number of amides is 1. The van der Waals surface area contributed by atoms with Gasteiger partial charge in [-0.05, 0) is 38.0 Å². The molecule has 7 nitrogen and oxygen atoms in total. The van der Waals surface area contributed by atoms with E-state index < -0.39 is 10.0 Å². The average molecular weight is 383 g/mol. The van der Waals surface area contributed by atoms with Crippen LogP contribution >= 0.6 is 11.8 Å². The molecule has 0 spiro atoms. The largest absolute Gasteiger partial charge is 0.353 e. The molecule has 0 bridgehead atoms. The molecule has 1 heterocycles. The number of hydrogen-bond donors (Lipinski definition) is 2. The lowest BCUT2D eigenvalue weighted by Gasteiger charge is -2.11. The zero-order chi connectivity index (χ0) is 18.0. The molecule has 3 rings (SSSR count). The summed E-state index contributed by atoms with van der Waals surface area (Å²) in [6.45, 7) is 2.66. The van der Waals surface area contributed by atoms with Crippen molar-refractivity contribution in [3.05, 3.63) is 18.2 Å². The molecular formula is C16H22N4O3S2. The van der Waals surface area contributed by atoms with E-state index in [2.05, 4.69) is 10.3 Å². The third kappa shape index (κ3) is 4.16. The highest BCUT2D eigenvalue weighted by Gasteiger charge is 2.19. The molecule has 1 aliphatic carbocycles. The molecule has 2 aromatic rings. The molecule has 0 atom stereocenters. The minimum absolute atomic E-state index is 0.0110. The van der Waals surface area contributed by atoms with Crippen LogP contribution in [0.3, 0.4) is 0 Å². The summed E-state index contributed by atoms with van der Waals surface area (Å²) < 4.78 is 25.0. The second-order valence-corrected chi connectivity index (χ2v) is 8.68. The number of nitrogens with one attached hydrogen (secondary N) is 1. The summed E-state index contributed by atoms with van der Waals surface area (Å²) >= 11 is 1.36. The summed E-state index contributed by atoms with van der Waals surface area (Å²) in [5, 5.41) is 8.94. The smallest absolute Gasteiger partial charge is 0.238 e. The van der Waals surface area contributed by atoms with E-state index in [4.69, 9.17) is 5.14 Å². The van der Waals surface area contributed by atoms with E-state index in [0.717, 1.165) is 18.4 Å². The number of benzene rings is 1. The van der Waals surface area contributed by atoms with Crippen molar-refractivity contribution in [1.29, 1.82) is 0 Å². The topological polar surface area (TPSA) is 107 Å². The predicted octanol–water partition coefficient (Wildman–Crippen LogP) is 1.85. The van der Waals surface area contributed by atoms with Crippen molar-refractivity contribution in [2.24, 2.45) is 5.14 Å². The van der Waals surface area contributed by atoms with Gasteiger partial charge >= 0.3 is 0 Å². The minimum Gasteiger partial charge on any atom is -0.353 e. The molecule has 25 heavy (non-hydrogen) atoms. The first-order valence-corrected chi connectivity index (χ1v) is 10.9. The first-order chi connectivity index (χ1) is 11.9. The van der Waals surface area contributed by atoms with Crippen molar-refractivity contribution in [2.75, 3.05) is 5.75 Å². The molecule has 0 unspecified atom stereocenters. The fraction of sp³-hybridized carbons (Fsp3) is 0.500. The monoisotopic (exact) mass is 382 g/mol. The van der Waals surface area contributed by atoms with Crippen molar-refractivity contribution < 1.29 is 13.2 Å². The first-order valence-electron chi connectivity index (χ1n) is 8.33. The predicted molar refractivity (Wildman–Crippen MR) is 97.9 cm³/mol. The second kappa shape index (κ2) is 7.35. The standard InChI is InChI=1S/C16H22N4O3S2/c1-2-20-14-8-7-12(25(17,22)23)9-13(14)19-16(20)24-10-15(21)18-11-5-3-4-6-11/h7-9,11H,2-6,10H2,1H3,(H,18,21)(H2,17,22,23). The van der Waals surface area contributed by atoms with Gasteiger partial charge < -0.3 is 9.88 Å². The van der Waals surface area contributed by atoms with Crippen LogP contribution in [-0.4, -0.2) is 35.7 Å². The molecule has 1 fully saturated rings. The lowest BCUT2D eigenvalue weighted by molar-refractivity contribution is -0.119. The highest BCUT2D eigenvalue weighted by Crippen LogP contribution is 2.26. The van der Waals surface area contributed by atoms with Crippen molar-refractivity contribution in [2.45, 2.75) is 55.2 Å². The Balaban J connectivity index is 1.77. The number of thioether (sulfide) groups is 1. The summed E-state index contributed by atoms with van der Waals surface area (Å²) in [5.74, 6) is 0.304. The molecule has 0 radical (unpaired) electrons. The van der Waals surface area contributed by atoms with Crippen LogP contribution in [0.15, 0.2) is 28.3 Å². The quantitative estimate of drug-likeness (QED) is 0.742. The van der Waals surface area contributed by atoms with Crippen molar-refractivity contribution in [1.82, 2.24) is 14.9 Å². The van der Waals surface area contributed by atoms with Crippen molar-refractivity contribution in [3.8, 4) is 0 Å². The van der Waals surface area contributed by atoms with E-state index in [9.17, 15) is 13.2 Å². The van der Waals surface area contributed by atoms with Gasteiger partial charge in [0.2, 0.25) is 15.9 Å². The van der Waals surface area contributed by atoms with Crippen molar-refractivity contribution in [3.63, 3.8) is 0 Å². The van der Waals surface area contributed by atoms with E-state index in [-0.39, 0.29) is 10.8 Å². The number of hydrogen-bond acceptors (Lipinski definition) is 5. The third-order valence-corrected chi connectivity index (χ3v) is 6.27. The number of aromatic nitrogens is 2. The molecule has 9 heteroatoms. The van der Waals surface area contributed by atoms with Gasteiger partial charge in [-0.2, -0.15) is 0 Å². The van der Waals surface area contributed by atoms with Gasteiger partial charge in [0.25, 0.3) is 0 Å². The third-order valence-electron chi connectivity index (χ3n) is 4.38. The first kappa shape index (κ1) is 18.2. The maximum absolute atomic E-state index is 12.1. The molecule has 3 N–H and O–H groups in total. The van der Waals surface area contributed by atoms with Gasteiger partial charge in [0.1, 0.15) is 0 Å². The number of fused-ring (bicyclic) bond motifs is 1. The molecule has 0 aliphatic heterocycles. The number of carbonyl (C=O) groups is 1. The average Bonchev–Trinajstić information content (AvgIpc) is 3.18. The van der Waals surface area contributed by atoms with E-state index in [1.54, 1.807) is 6.07 Å². The van der Waals surface area contributed by atoms with Gasteiger partial charge in [0.05, 0.1) is 21.7 Å². The van der Waals surface area contributed by atoms with Gasteiger partial charge in [-0.1, -0.05) is 24.6 Å². The summed E-state index contributed by atoms with van der Waals surface area (Å²) in [7, 11) is -3.76. The Bertz CT molecular complexity index is 886. The summed E-state index contributed by atoms with van der Waals surface area (Å²) in [5.41, 5.74) is 1.39. The highest BCUT2D eigenvalue weighted by molar-refractivity contribution is 7.99. The Labute approximate surface area is 151 Å². The Morgan fingerprint density at radius 3 is 2.76 bits per heavy atom. The van der Waals surface area contributed by atoms with Gasteiger partial charge in [-0.15, -0.1) is 0 Å². The molecule has 0 saturated heterocycles. The molecule has 1 saturated carbocycles. The summed E-state index contributed by atoms with van der Waals surface area (Å²) in [6, 6.07) is 4.95. The van der Waals surface area contributed by atoms with Gasteiger partial charge in [-0.3, -0.25) is 4.79 Å². The van der Waals surface area contributed by atoms with Crippen LogP contribution in [0.25, 0.3) is 11.0 Å². The number of aryl methyl sites for hydroxylation is 1. The van der Waals surface area contributed by atoms with Crippen LogP contribution in [0.5, 0.6) is 0 Å². The van der Waals surface area contributed by atoms with Gasteiger partial charge in [-0.25, -0.2) is 18.5 Å².